The van der Waals surface area contributed by atoms with Gasteiger partial charge >= 0.3 is 0 Å². The summed E-state index contributed by atoms with van der Waals surface area (Å²) in [5, 5.41) is 19.6. The Bertz CT molecular complexity index is 348. The largest absolute Gasteiger partial charge is 0.393 e. The second kappa shape index (κ2) is 4.85. The van der Waals surface area contributed by atoms with Crippen LogP contribution in [0, 0.1) is 0 Å². The summed E-state index contributed by atoms with van der Waals surface area (Å²) in [6.45, 7) is -0.343. The van der Waals surface area contributed by atoms with Gasteiger partial charge in [-0.05, 0) is 6.08 Å². The van der Waals surface area contributed by atoms with Crippen molar-refractivity contribution in [3.63, 3.8) is 0 Å². The number of carbonyl (C=O) groups excluding carboxylic acids is 1. The van der Waals surface area contributed by atoms with Gasteiger partial charge in [0.05, 0.1) is 12.7 Å². The molecule has 0 aliphatic rings. The average molecular weight is 214 g/mol. The first-order valence-electron chi connectivity index (χ1n) is 3.86. The van der Waals surface area contributed by atoms with E-state index in [4.69, 9.17) is 15.9 Å². The smallest absolute Gasteiger partial charge is 0.268 e. The summed E-state index contributed by atoms with van der Waals surface area (Å²) in [5.74, 6) is -0.580. The molecule has 5 nitrogen and oxygen atoms in total. The Balaban J connectivity index is 2.68. The van der Waals surface area contributed by atoms with Crippen LogP contribution in [0.5, 0.6) is 0 Å². The Hall–Kier alpha value is -1.24. The van der Waals surface area contributed by atoms with Gasteiger partial charge in [0.2, 0.25) is 0 Å². The molecule has 0 unspecified atom stereocenters. The second-order valence-corrected chi connectivity index (χ2v) is 3.43. The van der Waals surface area contributed by atoms with Gasteiger partial charge in [-0.2, -0.15) is 0 Å². The molecule has 0 spiro atoms. The number of thiazole rings is 1. The predicted octanol–water partition coefficient (Wildman–Crippen LogP) is -0.392. The van der Waals surface area contributed by atoms with Crippen LogP contribution in [0.1, 0.15) is 15.5 Å². The van der Waals surface area contributed by atoms with E-state index in [0.29, 0.717) is 5.01 Å². The topological polar surface area (TPSA) is 96.4 Å². The second-order valence-electron chi connectivity index (χ2n) is 2.54. The minimum atomic E-state index is -0.907. The van der Waals surface area contributed by atoms with Gasteiger partial charge in [-0.1, -0.05) is 6.08 Å². The van der Waals surface area contributed by atoms with Gasteiger partial charge in [0, 0.05) is 5.38 Å². The Morgan fingerprint density at radius 3 is 3.00 bits per heavy atom. The van der Waals surface area contributed by atoms with E-state index in [1.807, 2.05) is 0 Å². The lowest BCUT2D eigenvalue weighted by Gasteiger charge is -1.96. The number of nitrogens with two attached hydrogens (primary N) is 1. The van der Waals surface area contributed by atoms with E-state index in [2.05, 4.69) is 4.98 Å². The highest BCUT2D eigenvalue weighted by molar-refractivity contribution is 7.10. The van der Waals surface area contributed by atoms with Crippen LogP contribution >= 0.6 is 11.3 Å². The highest BCUT2D eigenvalue weighted by Crippen LogP contribution is 2.11. The molecule has 6 heteroatoms. The number of aliphatic hydroxyl groups is 2. The summed E-state index contributed by atoms with van der Waals surface area (Å²) < 4.78 is 0. The molecule has 0 radical (unpaired) electrons. The Morgan fingerprint density at radius 2 is 2.50 bits per heavy atom. The zero-order valence-corrected chi connectivity index (χ0v) is 8.07. The maximum absolute atomic E-state index is 10.7. The summed E-state index contributed by atoms with van der Waals surface area (Å²) >= 11 is 1.24. The SMILES string of the molecule is NC(=O)c1csc(/C=C/[C@H](O)CO)n1. The van der Waals surface area contributed by atoms with Gasteiger partial charge in [0.1, 0.15) is 10.7 Å². The zero-order chi connectivity index (χ0) is 10.6. The third-order valence-corrected chi connectivity index (χ3v) is 2.23. The molecule has 0 aromatic carbocycles. The van der Waals surface area contributed by atoms with Gasteiger partial charge < -0.3 is 15.9 Å². The number of rotatable bonds is 4. The number of carbonyl (C=O) groups is 1. The van der Waals surface area contributed by atoms with E-state index < -0.39 is 12.0 Å². The van der Waals surface area contributed by atoms with E-state index in [9.17, 15) is 4.79 Å². The molecule has 1 heterocycles. The standard InChI is InChI=1S/C8H10N2O3S/c9-8(13)6-4-14-7(10-6)2-1-5(12)3-11/h1-2,4-5,11-12H,3H2,(H2,9,13)/b2-1+/t5-/m0/s1. The molecular formula is C8H10N2O3S. The van der Waals surface area contributed by atoms with Crippen LogP contribution in [0.4, 0.5) is 0 Å². The third kappa shape index (κ3) is 2.91. The minimum Gasteiger partial charge on any atom is -0.393 e. The summed E-state index contributed by atoms with van der Waals surface area (Å²) in [5.41, 5.74) is 5.20. The summed E-state index contributed by atoms with van der Waals surface area (Å²) in [6, 6.07) is 0. The average Bonchev–Trinajstić information content (AvgIpc) is 2.62. The summed E-state index contributed by atoms with van der Waals surface area (Å²) in [7, 11) is 0. The third-order valence-electron chi connectivity index (χ3n) is 1.42. The first-order valence-corrected chi connectivity index (χ1v) is 4.74. The van der Waals surface area contributed by atoms with E-state index in [1.165, 1.54) is 28.9 Å². The predicted molar refractivity (Wildman–Crippen MR) is 52.8 cm³/mol. The van der Waals surface area contributed by atoms with Crippen LogP contribution in [0.3, 0.4) is 0 Å². The highest BCUT2D eigenvalue weighted by Gasteiger charge is 2.04. The molecule has 1 rings (SSSR count). The monoisotopic (exact) mass is 214 g/mol. The first-order chi connectivity index (χ1) is 6.63. The van der Waals surface area contributed by atoms with Gasteiger partial charge in [-0.25, -0.2) is 4.98 Å². The Labute approximate surface area is 84.5 Å². The van der Waals surface area contributed by atoms with Crippen molar-refractivity contribution in [2.24, 2.45) is 5.73 Å². The number of hydrogen-bond donors (Lipinski definition) is 3. The number of hydrogen-bond acceptors (Lipinski definition) is 5. The lowest BCUT2D eigenvalue weighted by atomic mass is 10.3. The van der Waals surface area contributed by atoms with Crippen LogP contribution in [0.25, 0.3) is 6.08 Å². The maximum Gasteiger partial charge on any atom is 0.268 e. The van der Waals surface area contributed by atoms with Crippen molar-refractivity contribution in [3.05, 3.63) is 22.2 Å². The minimum absolute atomic E-state index is 0.202. The van der Waals surface area contributed by atoms with Crippen molar-refractivity contribution in [1.82, 2.24) is 4.98 Å². The number of nitrogens with zero attached hydrogens (tertiary/aromatic N) is 1. The first kappa shape index (κ1) is 10.8. The Kier molecular flexibility index (Phi) is 3.75. The van der Waals surface area contributed by atoms with Crippen molar-refractivity contribution in [2.45, 2.75) is 6.10 Å². The van der Waals surface area contributed by atoms with Crippen LogP contribution in [-0.4, -0.2) is 33.8 Å². The fraction of sp³-hybridized carbons (Fsp3) is 0.250. The van der Waals surface area contributed by atoms with Gasteiger partial charge in [0.15, 0.2) is 0 Å². The molecule has 1 aromatic heterocycles. The molecule has 76 valence electrons. The molecule has 0 aliphatic heterocycles. The van der Waals surface area contributed by atoms with Gasteiger partial charge in [0.25, 0.3) is 5.91 Å². The van der Waals surface area contributed by atoms with Crippen molar-refractivity contribution in [1.29, 1.82) is 0 Å². The van der Waals surface area contributed by atoms with Crippen LogP contribution in [-0.2, 0) is 0 Å². The quantitative estimate of drug-likeness (QED) is 0.635. The molecule has 0 aliphatic carbocycles. The molecule has 14 heavy (non-hydrogen) atoms. The summed E-state index contributed by atoms with van der Waals surface area (Å²) in [6.07, 6.45) is 2.01. The van der Waals surface area contributed by atoms with Crippen LogP contribution < -0.4 is 5.73 Å². The highest BCUT2D eigenvalue weighted by atomic mass is 32.1. The van der Waals surface area contributed by atoms with Crippen molar-refractivity contribution < 1.29 is 15.0 Å². The zero-order valence-electron chi connectivity index (χ0n) is 7.25. The van der Waals surface area contributed by atoms with E-state index in [-0.39, 0.29) is 12.3 Å². The van der Waals surface area contributed by atoms with E-state index in [0.717, 1.165) is 0 Å². The molecule has 1 aromatic rings. The van der Waals surface area contributed by atoms with E-state index in [1.54, 1.807) is 0 Å². The Morgan fingerprint density at radius 1 is 1.79 bits per heavy atom. The fourth-order valence-corrected chi connectivity index (χ4v) is 1.44. The number of aromatic nitrogens is 1. The summed E-state index contributed by atoms with van der Waals surface area (Å²) in [4.78, 5) is 14.5. The maximum atomic E-state index is 10.7. The molecule has 1 atom stereocenters. The lowest BCUT2D eigenvalue weighted by molar-refractivity contribution is 0.0996. The molecule has 1 amide bonds. The molecule has 4 N–H and O–H groups in total. The lowest BCUT2D eigenvalue weighted by Crippen LogP contribution is -2.11. The molecule has 0 saturated heterocycles. The number of aliphatic hydroxyl groups excluding tert-OH is 2. The van der Waals surface area contributed by atoms with Crippen molar-refractivity contribution in [2.75, 3.05) is 6.61 Å². The molecular weight excluding hydrogens is 204 g/mol. The number of primary amides is 1. The molecule has 0 fully saturated rings. The van der Waals surface area contributed by atoms with Crippen molar-refractivity contribution in [3.8, 4) is 0 Å². The normalized spacial score (nSPS) is 13.3. The van der Waals surface area contributed by atoms with E-state index >= 15 is 0 Å². The molecule has 0 bridgehead atoms. The van der Waals surface area contributed by atoms with Gasteiger partial charge in [-0.3, -0.25) is 4.79 Å². The van der Waals surface area contributed by atoms with Crippen molar-refractivity contribution >= 4 is 23.3 Å². The van der Waals surface area contributed by atoms with Crippen LogP contribution in [0.2, 0.25) is 0 Å². The van der Waals surface area contributed by atoms with Crippen LogP contribution in [0.15, 0.2) is 11.5 Å². The molecule has 0 saturated carbocycles. The fourth-order valence-electron chi connectivity index (χ4n) is 0.732. The number of amides is 1. The van der Waals surface area contributed by atoms with Gasteiger partial charge in [-0.15, -0.1) is 11.3 Å².